The van der Waals surface area contributed by atoms with E-state index in [-0.39, 0.29) is 11.9 Å². The minimum atomic E-state index is 0.0915. The van der Waals surface area contributed by atoms with Crippen LogP contribution in [-0.2, 0) is 0 Å². The molecule has 0 spiro atoms. The number of aromatic nitrogens is 2. The summed E-state index contributed by atoms with van der Waals surface area (Å²) in [5.74, 6) is 0.0915. The Kier molecular flexibility index (Phi) is 6.05. The molecule has 33 heavy (non-hydrogen) atoms. The van der Waals surface area contributed by atoms with Crippen molar-refractivity contribution in [1.29, 1.82) is 0 Å². The molecule has 5 rings (SSSR count). The van der Waals surface area contributed by atoms with Gasteiger partial charge in [0.1, 0.15) is 0 Å². The molecule has 0 N–H and O–H groups in total. The molecule has 0 aliphatic carbocycles. The summed E-state index contributed by atoms with van der Waals surface area (Å²) in [6.45, 7) is 5.13. The third kappa shape index (κ3) is 4.59. The molecule has 0 atom stereocenters. The lowest BCUT2D eigenvalue weighted by Crippen LogP contribution is -2.49. The van der Waals surface area contributed by atoms with Gasteiger partial charge in [-0.1, -0.05) is 60.7 Å². The van der Waals surface area contributed by atoms with Crippen molar-refractivity contribution in [2.45, 2.75) is 13.0 Å². The molecule has 0 bridgehead atoms. The third-order valence-corrected chi connectivity index (χ3v) is 6.29. The summed E-state index contributed by atoms with van der Waals surface area (Å²) >= 11 is 0. The zero-order valence-electron chi connectivity index (χ0n) is 18.8. The predicted molar refractivity (Wildman–Crippen MR) is 131 cm³/mol. The van der Waals surface area contributed by atoms with E-state index in [0.717, 1.165) is 43.0 Å². The lowest BCUT2D eigenvalue weighted by molar-refractivity contribution is 0.0597. The van der Waals surface area contributed by atoms with Crippen molar-refractivity contribution >= 4 is 5.91 Å². The number of amides is 1. The van der Waals surface area contributed by atoms with Crippen molar-refractivity contribution in [3.05, 3.63) is 120 Å². The third-order valence-electron chi connectivity index (χ3n) is 6.29. The largest absolute Gasteiger partial charge is 0.336 e. The van der Waals surface area contributed by atoms with Gasteiger partial charge >= 0.3 is 0 Å². The molecule has 0 saturated carbocycles. The average molecular weight is 437 g/mol. The summed E-state index contributed by atoms with van der Waals surface area (Å²) in [6.07, 6.45) is 3.81. The van der Waals surface area contributed by atoms with Crippen molar-refractivity contribution in [3.8, 4) is 5.69 Å². The monoisotopic (exact) mass is 436 g/mol. The Hall–Kier alpha value is -3.70. The van der Waals surface area contributed by atoms with Crippen LogP contribution in [0.2, 0.25) is 0 Å². The van der Waals surface area contributed by atoms with E-state index < -0.39 is 0 Å². The van der Waals surface area contributed by atoms with Crippen LogP contribution in [0.3, 0.4) is 0 Å². The zero-order chi connectivity index (χ0) is 22.6. The number of rotatable bonds is 5. The number of nitrogens with zero attached hydrogens (tertiary/aromatic N) is 4. The molecule has 2 heterocycles. The number of aryl methyl sites for hydroxylation is 1. The summed E-state index contributed by atoms with van der Waals surface area (Å²) in [4.78, 5) is 17.6. The van der Waals surface area contributed by atoms with Crippen LogP contribution in [0.1, 0.15) is 33.1 Å². The fourth-order valence-corrected chi connectivity index (χ4v) is 4.56. The molecule has 4 aromatic rings. The van der Waals surface area contributed by atoms with E-state index in [1.165, 1.54) is 11.1 Å². The quantitative estimate of drug-likeness (QED) is 0.454. The number of hydrogen-bond acceptors (Lipinski definition) is 3. The fourth-order valence-electron chi connectivity index (χ4n) is 4.56. The first kappa shape index (κ1) is 21.2. The van der Waals surface area contributed by atoms with E-state index in [2.05, 4.69) is 70.7 Å². The van der Waals surface area contributed by atoms with Crippen LogP contribution in [-0.4, -0.2) is 51.7 Å². The standard InChI is InChI=1S/C28H28N4O/c1-22-20-29-32(21-22)26-14-12-25(13-15-26)28(33)31-18-16-30(17-19-31)27(23-8-4-2-5-9-23)24-10-6-3-7-11-24/h2-15,20-21,27H,16-19H2,1H3. The molecule has 1 aliphatic heterocycles. The van der Waals surface area contributed by atoms with Gasteiger partial charge in [0.25, 0.3) is 5.91 Å². The molecule has 5 nitrogen and oxygen atoms in total. The lowest BCUT2D eigenvalue weighted by atomic mass is 9.96. The summed E-state index contributed by atoms with van der Waals surface area (Å²) < 4.78 is 1.83. The van der Waals surface area contributed by atoms with Crippen LogP contribution in [0.25, 0.3) is 5.69 Å². The zero-order valence-corrected chi connectivity index (χ0v) is 18.8. The van der Waals surface area contributed by atoms with E-state index in [1.807, 2.05) is 53.2 Å². The molecule has 1 fully saturated rings. The molecule has 166 valence electrons. The maximum absolute atomic E-state index is 13.2. The van der Waals surface area contributed by atoms with Gasteiger partial charge in [-0.05, 0) is 47.9 Å². The first-order chi connectivity index (χ1) is 16.2. The maximum Gasteiger partial charge on any atom is 0.253 e. The summed E-state index contributed by atoms with van der Waals surface area (Å²) in [6, 6.07) is 29.2. The van der Waals surface area contributed by atoms with Crippen LogP contribution >= 0.6 is 0 Å². The minimum Gasteiger partial charge on any atom is -0.336 e. The molecule has 1 aromatic heterocycles. The Morgan fingerprint density at radius 1 is 0.788 bits per heavy atom. The molecule has 1 amide bonds. The Bertz CT molecular complexity index is 1150. The topological polar surface area (TPSA) is 41.4 Å². The highest BCUT2D eigenvalue weighted by molar-refractivity contribution is 5.94. The molecule has 5 heteroatoms. The fraction of sp³-hybridized carbons (Fsp3) is 0.214. The normalized spacial score (nSPS) is 14.5. The summed E-state index contributed by atoms with van der Waals surface area (Å²) in [7, 11) is 0. The van der Waals surface area contributed by atoms with Crippen LogP contribution in [0.5, 0.6) is 0 Å². The van der Waals surface area contributed by atoms with Crippen LogP contribution in [0.4, 0.5) is 0 Å². The van der Waals surface area contributed by atoms with Gasteiger partial charge in [0, 0.05) is 37.9 Å². The van der Waals surface area contributed by atoms with Crippen LogP contribution in [0, 0.1) is 6.92 Å². The molecular weight excluding hydrogens is 408 g/mol. The highest BCUT2D eigenvalue weighted by Gasteiger charge is 2.28. The molecule has 1 saturated heterocycles. The Balaban J connectivity index is 1.28. The van der Waals surface area contributed by atoms with Crippen LogP contribution in [0.15, 0.2) is 97.3 Å². The molecular formula is C28H28N4O. The van der Waals surface area contributed by atoms with E-state index in [0.29, 0.717) is 0 Å². The molecule has 1 aliphatic rings. The van der Waals surface area contributed by atoms with Crippen molar-refractivity contribution < 1.29 is 4.79 Å². The first-order valence-electron chi connectivity index (χ1n) is 11.4. The van der Waals surface area contributed by atoms with Crippen molar-refractivity contribution in [1.82, 2.24) is 19.6 Å². The lowest BCUT2D eigenvalue weighted by Gasteiger charge is -2.39. The summed E-state index contributed by atoms with van der Waals surface area (Å²) in [5.41, 5.74) is 5.36. The van der Waals surface area contributed by atoms with Crippen molar-refractivity contribution in [3.63, 3.8) is 0 Å². The highest BCUT2D eigenvalue weighted by atomic mass is 16.2. The number of hydrogen-bond donors (Lipinski definition) is 0. The van der Waals surface area contributed by atoms with Gasteiger partial charge in [-0.3, -0.25) is 9.69 Å². The van der Waals surface area contributed by atoms with Gasteiger partial charge in [0.05, 0.1) is 17.9 Å². The number of carbonyl (C=O) groups excluding carboxylic acids is 1. The van der Waals surface area contributed by atoms with Crippen molar-refractivity contribution in [2.24, 2.45) is 0 Å². The Labute approximate surface area is 194 Å². The van der Waals surface area contributed by atoms with Crippen molar-refractivity contribution in [2.75, 3.05) is 26.2 Å². The number of piperazine rings is 1. The summed E-state index contributed by atoms with van der Waals surface area (Å²) in [5, 5.41) is 4.34. The van der Waals surface area contributed by atoms with Gasteiger partial charge < -0.3 is 4.90 Å². The van der Waals surface area contributed by atoms with Gasteiger partial charge in [-0.15, -0.1) is 0 Å². The van der Waals surface area contributed by atoms with Gasteiger partial charge in [-0.2, -0.15) is 5.10 Å². The maximum atomic E-state index is 13.2. The van der Waals surface area contributed by atoms with E-state index in [4.69, 9.17) is 0 Å². The number of carbonyl (C=O) groups is 1. The second-order valence-electron chi connectivity index (χ2n) is 8.56. The van der Waals surface area contributed by atoms with Gasteiger partial charge in [0.2, 0.25) is 0 Å². The van der Waals surface area contributed by atoms with E-state index >= 15 is 0 Å². The van der Waals surface area contributed by atoms with Gasteiger partial charge in [0.15, 0.2) is 0 Å². The minimum absolute atomic E-state index is 0.0915. The SMILES string of the molecule is Cc1cnn(-c2ccc(C(=O)N3CCN(C(c4ccccc4)c4ccccc4)CC3)cc2)c1. The molecule has 0 radical (unpaired) electrons. The Morgan fingerprint density at radius 3 is 1.88 bits per heavy atom. The smallest absolute Gasteiger partial charge is 0.253 e. The van der Waals surface area contributed by atoms with Crippen LogP contribution < -0.4 is 0 Å². The highest BCUT2D eigenvalue weighted by Crippen LogP contribution is 2.29. The van der Waals surface area contributed by atoms with Gasteiger partial charge in [-0.25, -0.2) is 4.68 Å². The average Bonchev–Trinajstić information content (AvgIpc) is 3.32. The number of benzene rings is 3. The van der Waals surface area contributed by atoms with E-state index in [1.54, 1.807) is 0 Å². The van der Waals surface area contributed by atoms with E-state index in [9.17, 15) is 4.79 Å². The molecule has 0 unspecified atom stereocenters. The second kappa shape index (κ2) is 9.43. The Morgan fingerprint density at radius 2 is 1.36 bits per heavy atom. The molecule has 3 aromatic carbocycles. The second-order valence-corrected chi connectivity index (χ2v) is 8.56. The predicted octanol–water partition coefficient (Wildman–Crippen LogP) is 4.73. The first-order valence-corrected chi connectivity index (χ1v) is 11.4.